The van der Waals surface area contributed by atoms with E-state index in [9.17, 15) is 9.90 Å². The Morgan fingerprint density at radius 3 is 2.19 bits per heavy atom. The Kier molecular flexibility index (Phi) is 5.26. The molecule has 0 fully saturated rings. The molecule has 0 saturated heterocycles. The highest BCUT2D eigenvalue weighted by molar-refractivity contribution is 5.67. The molecule has 0 heterocycles. The van der Waals surface area contributed by atoms with Crippen molar-refractivity contribution in [1.29, 1.82) is 0 Å². The van der Waals surface area contributed by atoms with Crippen LogP contribution in [0.1, 0.15) is 47.5 Å². The van der Waals surface area contributed by atoms with Gasteiger partial charge in [-0.15, -0.1) is 0 Å². The first-order chi connectivity index (χ1) is 7.07. The van der Waals surface area contributed by atoms with E-state index in [2.05, 4.69) is 0 Å². The van der Waals surface area contributed by atoms with Crippen molar-refractivity contribution in [3.63, 3.8) is 0 Å². The van der Waals surface area contributed by atoms with E-state index in [1.54, 1.807) is 14.0 Å². The minimum absolute atomic E-state index is 0.287. The van der Waals surface area contributed by atoms with Gasteiger partial charge in [0.05, 0.1) is 12.1 Å². The van der Waals surface area contributed by atoms with Crippen LogP contribution in [0.2, 0.25) is 0 Å². The summed E-state index contributed by atoms with van der Waals surface area (Å²) in [4.78, 5) is 13.1. The van der Waals surface area contributed by atoms with E-state index < -0.39 is 17.3 Å². The Morgan fingerprint density at radius 1 is 1.31 bits per heavy atom. The van der Waals surface area contributed by atoms with Gasteiger partial charge in [0.25, 0.3) is 0 Å². The summed E-state index contributed by atoms with van der Waals surface area (Å²) in [5.74, 6) is 0. The standard InChI is InChI=1S/C12H25NO3/c1-7-8-12(5,15)9-13(6)10(14)16-11(2,3)4/h15H,7-9H2,1-6H3. The second kappa shape index (κ2) is 5.53. The maximum atomic E-state index is 11.6. The molecule has 4 nitrogen and oxygen atoms in total. The van der Waals surface area contributed by atoms with Gasteiger partial charge >= 0.3 is 6.09 Å². The highest BCUT2D eigenvalue weighted by Gasteiger charge is 2.26. The lowest BCUT2D eigenvalue weighted by molar-refractivity contribution is -0.00703. The fourth-order valence-electron chi connectivity index (χ4n) is 1.53. The van der Waals surface area contributed by atoms with Gasteiger partial charge < -0.3 is 14.7 Å². The van der Waals surface area contributed by atoms with E-state index in [1.165, 1.54) is 4.90 Å². The van der Waals surface area contributed by atoms with Crippen molar-refractivity contribution in [2.45, 2.75) is 58.7 Å². The number of carbonyl (C=O) groups is 1. The summed E-state index contributed by atoms with van der Waals surface area (Å²) in [6, 6.07) is 0. The van der Waals surface area contributed by atoms with Crippen LogP contribution in [0.4, 0.5) is 4.79 Å². The molecule has 16 heavy (non-hydrogen) atoms. The minimum Gasteiger partial charge on any atom is -0.444 e. The lowest BCUT2D eigenvalue weighted by atomic mass is 10.0. The number of likely N-dealkylation sites (N-methyl/N-ethyl adjacent to an activating group) is 1. The topological polar surface area (TPSA) is 49.8 Å². The van der Waals surface area contributed by atoms with Gasteiger partial charge in [-0.25, -0.2) is 4.79 Å². The highest BCUT2D eigenvalue weighted by atomic mass is 16.6. The number of nitrogens with zero attached hydrogens (tertiary/aromatic N) is 1. The predicted molar refractivity (Wildman–Crippen MR) is 64.4 cm³/mol. The molecule has 1 unspecified atom stereocenters. The maximum Gasteiger partial charge on any atom is 0.410 e. The second-order valence-corrected chi connectivity index (χ2v) is 5.58. The van der Waals surface area contributed by atoms with Crippen LogP contribution in [0.15, 0.2) is 0 Å². The number of carbonyl (C=O) groups excluding carboxylic acids is 1. The van der Waals surface area contributed by atoms with Crippen LogP contribution in [0, 0.1) is 0 Å². The van der Waals surface area contributed by atoms with Crippen LogP contribution in [-0.2, 0) is 4.74 Å². The molecule has 0 bridgehead atoms. The molecule has 0 rings (SSSR count). The monoisotopic (exact) mass is 231 g/mol. The smallest absolute Gasteiger partial charge is 0.410 e. The summed E-state index contributed by atoms with van der Waals surface area (Å²) in [7, 11) is 1.64. The zero-order valence-corrected chi connectivity index (χ0v) is 11.3. The zero-order chi connectivity index (χ0) is 13.0. The molecule has 0 aliphatic heterocycles. The molecule has 4 heteroatoms. The van der Waals surface area contributed by atoms with E-state index >= 15 is 0 Å². The van der Waals surface area contributed by atoms with Crippen molar-refractivity contribution in [1.82, 2.24) is 4.90 Å². The predicted octanol–water partition coefficient (Wildman–Crippen LogP) is 2.40. The van der Waals surface area contributed by atoms with E-state index in [0.717, 1.165) is 6.42 Å². The SMILES string of the molecule is CCCC(C)(O)CN(C)C(=O)OC(C)(C)C. The van der Waals surface area contributed by atoms with Crippen LogP contribution in [-0.4, -0.2) is 40.9 Å². The Morgan fingerprint density at radius 2 is 1.81 bits per heavy atom. The molecular weight excluding hydrogens is 206 g/mol. The van der Waals surface area contributed by atoms with Crippen molar-refractivity contribution in [2.75, 3.05) is 13.6 Å². The average molecular weight is 231 g/mol. The lowest BCUT2D eigenvalue weighted by Gasteiger charge is -2.30. The molecular formula is C12H25NO3. The summed E-state index contributed by atoms with van der Waals surface area (Å²) in [6.07, 6.45) is 1.15. The molecule has 1 N–H and O–H groups in total. The van der Waals surface area contributed by atoms with Crippen molar-refractivity contribution in [3.05, 3.63) is 0 Å². The van der Waals surface area contributed by atoms with Gasteiger partial charge in [-0.1, -0.05) is 13.3 Å². The van der Waals surface area contributed by atoms with E-state index in [-0.39, 0.29) is 6.54 Å². The molecule has 0 aliphatic carbocycles. The van der Waals surface area contributed by atoms with E-state index in [4.69, 9.17) is 4.74 Å². The lowest BCUT2D eigenvalue weighted by Crippen LogP contribution is -2.43. The third kappa shape index (κ3) is 6.67. The number of hydrogen-bond acceptors (Lipinski definition) is 3. The number of aliphatic hydroxyl groups is 1. The van der Waals surface area contributed by atoms with Gasteiger partial charge in [-0.3, -0.25) is 0 Å². The number of amides is 1. The van der Waals surface area contributed by atoms with Crippen molar-refractivity contribution < 1.29 is 14.6 Å². The number of hydrogen-bond donors (Lipinski definition) is 1. The fourth-order valence-corrected chi connectivity index (χ4v) is 1.53. The maximum absolute atomic E-state index is 11.6. The van der Waals surface area contributed by atoms with Gasteiger partial charge in [-0.2, -0.15) is 0 Å². The van der Waals surface area contributed by atoms with Crippen LogP contribution < -0.4 is 0 Å². The number of ether oxygens (including phenoxy) is 1. The minimum atomic E-state index is -0.847. The molecule has 0 aromatic heterocycles. The summed E-state index contributed by atoms with van der Waals surface area (Å²) in [6.45, 7) is 9.49. The second-order valence-electron chi connectivity index (χ2n) is 5.58. The summed E-state index contributed by atoms with van der Waals surface area (Å²) in [5.41, 5.74) is -1.34. The summed E-state index contributed by atoms with van der Waals surface area (Å²) >= 11 is 0. The molecule has 0 saturated carbocycles. The van der Waals surface area contributed by atoms with Gasteiger partial charge in [0.15, 0.2) is 0 Å². The molecule has 1 amide bonds. The zero-order valence-electron chi connectivity index (χ0n) is 11.3. The fraction of sp³-hybridized carbons (Fsp3) is 0.917. The molecule has 0 aromatic carbocycles. The largest absolute Gasteiger partial charge is 0.444 e. The van der Waals surface area contributed by atoms with Crippen LogP contribution in [0.5, 0.6) is 0 Å². The first kappa shape index (κ1) is 15.2. The molecule has 0 radical (unpaired) electrons. The Balaban J connectivity index is 4.25. The van der Waals surface area contributed by atoms with E-state index in [0.29, 0.717) is 6.42 Å². The Bertz CT molecular complexity index is 231. The number of rotatable bonds is 4. The Labute approximate surface area is 98.6 Å². The summed E-state index contributed by atoms with van der Waals surface area (Å²) in [5, 5.41) is 9.98. The van der Waals surface area contributed by atoms with Gasteiger partial charge in [0, 0.05) is 7.05 Å². The first-order valence-electron chi connectivity index (χ1n) is 5.74. The summed E-state index contributed by atoms with van der Waals surface area (Å²) < 4.78 is 5.20. The first-order valence-corrected chi connectivity index (χ1v) is 5.74. The Hall–Kier alpha value is -0.770. The molecule has 0 aliphatic rings. The van der Waals surface area contributed by atoms with Crippen molar-refractivity contribution in [3.8, 4) is 0 Å². The van der Waals surface area contributed by atoms with Crippen LogP contribution in [0.25, 0.3) is 0 Å². The van der Waals surface area contributed by atoms with Gasteiger partial charge in [0.1, 0.15) is 5.60 Å². The van der Waals surface area contributed by atoms with Crippen LogP contribution >= 0.6 is 0 Å². The molecule has 1 atom stereocenters. The van der Waals surface area contributed by atoms with Crippen LogP contribution in [0.3, 0.4) is 0 Å². The van der Waals surface area contributed by atoms with Gasteiger partial charge in [-0.05, 0) is 34.1 Å². The quantitative estimate of drug-likeness (QED) is 0.808. The van der Waals surface area contributed by atoms with E-state index in [1.807, 2.05) is 27.7 Å². The molecule has 0 spiro atoms. The third-order valence-electron chi connectivity index (χ3n) is 2.07. The molecule has 0 aromatic rings. The van der Waals surface area contributed by atoms with Gasteiger partial charge in [0.2, 0.25) is 0 Å². The third-order valence-corrected chi connectivity index (χ3v) is 2.07. The normalized spacial score (nSPS) is 15.4. The van der Waals surface area contributed by atoms with Crippen molar-refractivity contribution >= 4 is 6.09 Å². The molecule has 96 valence electrons. The average Bonchev–Trinajstić information content (AvgIpc) is 1.99. The van der Waals surface area contributed by atoms with Crippen molar-refractivity contribution in [2.24, 2.45) is 0 Å². The highest BCUT2D eigenvalue weighted by Crippen LogP contribution is 2.15.